The summed E-state index contributed by atoms with van der Waals surface area (Å²) >= 11 is 0. The minimum Gasteiger partial charge on any atom is -0.368 e. The topological polar surface area (TPSA) is 41.4 Å². The first-order valence-corrected chi connectivity index (χ1v) is 7.81. The van der Waals surface area contributed by atoms with Crippen LogP contribution in [0.3, 0.4) is 0 Å². The molecule has 0 bridgehead atoms. The normalized spacial score (nSPS) is 15.2. The molecule has 5 heteroatoms. The van der Waals surface area contributed by atoms with Crippen LogP contribution in [0.15, 0.2) is 41.5 Å². The van der Waals surface area contributed by atoms with E-state index < -0.39 is 0 Å². The van der Waals surface area contributed by atoms with Crippen LogP contribution in [-0.4, -0.2) is 35.7 Å². The average molecular weight is 298 g/mol. The summed E-state index contributed by atoms with van der Waals surface area (Å²) in [6.07, 6.45) is 3.46. The van der Waals surface area contributed by atoms with Crippen molar-refractivity contribution in [2.45, 2.75) is 20.4 Å². The van der Waals surface area contributed by atoms with Crippen molar-refractivity contribution in [3.05, 3.63) is 52.6 Å². The van der Waals surface area contributed by atoms with E-state index in [1.54, 1.807) is 17.0 Å². The SMILES string of the molecule is CCn1ccnc(N2CCN(c3ccccc3C)CC2)c1=O. The number of piperazine rings is 1. The van der Waals surface area contributed by atoms with Gasteiger partial charge in [-0.2, -0.15) is 0 Å². The summed E-state index contributed by atoms with van der Waals surface area (Å²) in [5, 5.41) is 0. The lowest BCUT2D eigenvalue weighted by Gasteiger charge is -2.37. The number of aryl methyl sites for hydroxylation is 2. The molecule has 0 radical (unpaired) electrons. The molecule has 3 rings (SSSR count). The van der Waals surface area contributed by atoms with Gasteiger partial charge in [0.2, 0.25) is 0 Å². The maximum absolute atomic E-state index is 12.4. The van der Waals surface area contributed by atoms with Crippen LogP contribution in [0.2, 0.25) is 0 Å². The molecule has 0 aliphatic carbocycles. The molecule has 22 heavy (non-hydrogen) atoms. The molecule has 1 fully saturated rings. The van der Waals surface area contributed by atoms with Gasteiger partial charge in [-0.15, -0.1) is 0 Å². The second-order valence-electron chi connectivity index (χ2n) is 5.60. The summed E-state index contributed by atoms with van der Waals surface area (Å²) < 4.78 is 1.70. The molecule has 1 aliphatic rings. The Bertz CT molecular complexity index is 702. The van der Waals surface area contributed by atoms with Crippen LogP contribution in [0.5, 0.6) is 0 Å². The first-order valence-electron chi connectivity index (χ1n) is 7.81. The molecule has 0 atom stereocenters. The van der Waals surface area contributed by atoms with Crippen LogP contribution < -0.4 is 15.4 Å². The van der Waals surface area contributed by atoms with E-state index in [-0.39, 0.29) is 5.56 Å². The Balaban J connectivity index is 1.75. The molecule has 1 saturated heterocycles. The number of nitrogens with zero attached hydrogens (tertiary/aromatic N) is 4. The smallest absolute Gasteiger partial charge is 0.293 e. The highest BCUT2D eigenvalue weighted by Crippen LogP contribution is 2.21. The van der Waals surface area contributed by atoms with Gasteiger partial charge in [0.15, 0.2) is 5.82 Å². The van der Waals surface area contributed by atoms with E-state index in [1.807, 2.05) is 6.92 Å². The molecule has 5 nitrogen and oxygen atoms in total. The maximum atomic E-state index is 12.4. The number of rotatable bonds is 3. The molecule has 1 aromatic carbocycles. The van der Waals surface area contributed by atoms with Gasteiger partial charge in [0.05, 0.1) is 0 Å². The molecule has 1 aromatic heterocycles. The predicted molar refractivity (Wildman–Crippen MR) is 89.8 cm³/mol. The van der Waals surface area contributed by atoms with E-state index in [2.05, 4.69) is 46.0 Å². The Morgan fingerprint density at radius 2 is 1.77 bits per heavy atom. The van der Waals surface area contributed by atoms with Crippen molar-refractivity contribution >= 4 is 11.5 Å². The van der Waals surface area contributed by atoms with Crippen LogP contribution in [0.25, 0.3) is 0 Å². The second-order valence-corrected chi connectivity index (χ2v) is 5.60. The van der Waals surface area contributed by atoms with E-state index in [0.29, 0.717) is 12.4 Å². The molecule has 0 N–H and O–H groups in total. The quantitative estimate of drug-likeness (QED) is 0.868. The molecular formula is C17H22N4O. The Hall–Kier alpha value is -2.30. The van der Waals surface area contributed by atoms with Gasteiger partial charge >= 0.3 is 0 Å². The van der Waals surface area contributed by atoms with Crippen molar-refractivity contribution in [1.29, 1.82) is 0 Å². The van der Waals surface area contributed by atoms with Gasteiger partial charge in [-0.1, -0.05) is 18.2 Å². The number of para-hydroxylation sites is 1. The summed E-state index contributed by atoms with van der Waals surface area (Å²) in [4.78, 5) is 21.1. The molecule has 0 spiro atoms. The van der Waals surface area contributed by atoms with Gasteiger partial charge in [-0.25, -0.2) is 4.98 Å². The highest BCUT2D eigenvalue weighted by molar-refractivity contribution is 5.54. The maximum Gasteiger partial charge on any atom is 0.293 e. The fourth-order valence-electron chi connectivity index (χ4n) is 2.98. The number of aromatic nitrogens is 2. The molecule has 2 aromatic rings. The van der Waals surface area contributed by atoms with Crippen molar-refractivity contribution in [3.63, 3.8) is 0 Å². The van der Waals surface area contributed by atoms with Gasteiger partial charge in [-0.05, 0) is 25.5 Å². The minimum atomic E-state index is 0.00865. The van der Waals surface area contributed by atoms with Gasteiger partial charge in [0.25, 0.3) is 5.56 Å². The van der Waals surface area contributed by atoms with Crippen molar-refractivity contribution in [3.8, 4) is 0 Å². The molecular weight excluding hydrogens is 276 g/mol. The van der Waals surface area contributed by atoms with Crippen LogP contribution in [0.1, 0.15) is 12.5 Å². The van der Waals surface area contributed by atoms with Crippen LogP contribution >= 0.6 is 0 Å². The standard InChI is InChI=1S/C17H22N4O/c1-3-19-9-8-18-16(17(19)22)21-12-10-20(11-13-21)15-7-5-4-6-14(15)2/h4-9H,3,10-13H2,1-2H3. The Morgan fingerprint density at radius 3 is 2.45 bits per heavy atom. The lowest BCUT2D eigenvalue weighted by Crippen LogP contribution is -2.49. The molecule has 2 heterocycles. The molecule has 0 unspecified atom stereocenters. The van der Waals surface area contributed by atoms with Gasteiger partial charge < -0.3 is 14.4 Å². The third-order valence-corrected chi connectivity index (χ3v) is 4.27. The summed E-state index contributed by atoms with van der Waals surface area (Å²) in [7, 11) is 0. The zero-order chi connectivity index (χ0) is 15.5. The van der Waals surface area contributed by atoms with Crippen LogP contribution in [0.4, 0.5) is 11.5 Å². The lowest BCUT2D eigenvalue weighted by atomic mass is 10.1. The fraction of sp³-hybridized carbons (Fsp3) is 0.412. The van der Waals surface area contributed by atoms with Gasteiger partial charge in [-0.3, -0.25) is 4.79 Å². The number of hydrogen-bond acceptors (Lipinski definition) is 4. The van der Waals surface area contributed by atoms with E-state index in [4.69, 9.17) is 0 Å². The average Bonchev–Trinajstić information content (AvgIpc) is 2.56. The van der Waals surface area contributed by atoms with E-state index in [0.717, 1.165) is 26.2 Å². The largest absolute Gasteiger partial charge is 0.368 e. The van der Waals surface area contributed by atoms with Crippen molar-refractivity contribution in [1.82, 2.24) is 9.55 Å². The fourth-order valence-corrected chi connectivity index (χ4v) is 2.98. The monoisotopic (exact) mass is 298 g/mol. The zero-order valence-electron chi connectivity index (χ0n) is 13.2. The predicted octanol–water partition coefficient (Wildman–Crippen LogP) is 1.90. The van der Waals surface area contributed by atoms with E-state index in [1.165, 1.54) is 11.3 Å². The van der Waals surface area contributed by atoms with Crippen LogP contribution in [0, 0.1) is 6.92 Å². The summed E-state index contributed by atoms with van der Waals surface area (Å²) in [5.41, 5.74) is 2.59. The first-order chi connectivity index (χ1) is 10.7. The summed E-state index contributed by atoms with van der Waals surface area (Å²) in [6.45, 7) is 8.26. The zero-order valence-corrected chi connectivity index (χ0v) is 13.2. The van der Waals surface area contributed by atoms with Gasteiger partial charge in [0, 0.05) is 50.8 Å². The highest BCUT2D eigenvalue weighted by atomic mass is 16.1. The third-order valence-electron chi connectivity index (χ3n) is 4.27. The Morgan fingerprint density at radius 1 is 1.09 bits per heavy atom. The van der Waals surface area contributed by atoms with Gasteiger partial charge in [0.1, 0.15) is 0 Å². The Kier molecular flexibility index (Phi) is 4.13. The molecule has 0 amide bonds. The van der Waals surface area contributed by atoms with Crippen LogP contribution in [-0.2, 0) is 6.54 Å². The van der Waals surface area contributed by atoms with E-state index in [9.17, 15) is 4.79 Å². The molecule has 116 valence electrons. The first kappa shape index (κ1) is 14.6. The van der Waals surface area contributed by atoms with Crippen molar-refractivity contribution in [2.24, 2.45) is 0 Å². The third kappa shape index (κ3) is 2.71. The molecule has 0 saturated carbocycles. The summed E-state index contributed by atoms with van der Waals surface area (Å²) in [6, 6.07) is 8.44. The lowest BCUT2D eigenvalue weighted by molar-refractivity contribution is 0.631. The number of anilines is 2. The van der Waals surface area contributed by atoms with Crippen molar-refractivity contribution < 1.29 is 0 Å². The van der Waals surface area contributed by atoms with E-state index >= 15 is 0 Å². The summed E-state index contributed by atoms with van der Waals surface area (Å²) in [5.74, 6) is 0.578. The number of benzene rings is 1. The van der Waals surface area contributed by atoms with Crippen molar-refractivity contribution in [2.75, 3.05) is 36.0 Å². The second kappa shape index (κ2) is 6.22. The molecule has 1 aliphatic heterocycles. The minimum absolute atomic E-state index is 0.00865. The Labute approximate surface area is 130 Å². The highest BCUT2D eigenvalue weighted by Gasteiger charge is 2.21. The number of hydrogen-bond donors (Lipinski definition) is 0.